The van der Waals surface area contributed by atoms with E-state index >= 15 is 0 Å². The van der Waals surface area contributed by atoms with Crippen LogP contribution in [0.1, 0.15) is 0 Å². The lowest BCUT2D eigenvalue weighted by Crippen LogP contribution is -1.95. The van der Waals surface area contributed by atoms with E-state index in [0.29, 0.717) is 0 Å². The Morgan fingerprint density at radius 1 is 1.00 bits per heavy atom. The molecule has 0 fully saturated rings. The highest BCUT2D eigenvalue weighted by atomic mass is 127. The zero-order valence-corrected chi connectivity index (χ0v) is 12.3. The van der Waals surface area contributed by atoms with E-state index in [1.54, 1.807) is 0 Å². The molecule has 0 radical (unpaired) electrons. The van der Waals surface area contributed by atoms with Crippen LogP contribution in [0.3, 0.4) is 0 Å². The highest BCUT2D eigenvalue weighted by Crippen LogP contribution is 2.23. The molecular formula is C15H12IN3. The van der Waals surface area contributed by atoms with Crippen molar-refractivity contribution >= 4 is 50.7 Å². The Morgan fingerprint density at radius 2 is 1.84 bits per heavy atom. The van der Waals surface area contributed by atoms with Gasteiger partial charge in [-0.15, -0.1) is 0 Å². The molecule has 19 heavy (non-hydrogen) atoms. The molecule has 1 aromatic heterocycles. The minimum atomic E-state index is 0.757. The van der Waals surface area contributed by atoms with Crippen molar-refractivity contribution < 1.29 is 0 Å². The van der Waals surface area contributed by atoms with E-state index in [1.165, 1.54) is 3.57 Å². The van der Waals surface area contributed by atoms with Gasteiger partial charge >= 0.3 is 0 Å². The van der Waals surface area contributed by atoms with Crippen LogP contribution in [0.15, 0.2) is 54.6 Å². The second-order valence-corrected chi connectivity index (χ2v) is 5.42. The molecule has 0 unspecified atom stereocenters. The zero-order chi connectivity index (χ0) is 13.2. The van der Waals surface area contributed by atoms with Crippen LogP contribution in [0, 0.1) is 3.57 Å². The number of nitrogens with zero attached hydrogens (tertiary/aromatic N) is 1. The summed E-state index contributed by atoms with van der Waals surface area (Å²) in [6.07, 6.45) is 0. The summed E-state index contributed by atoms with van der Waals surface area (Å²) in [6, 6.07) is 17.8. The number of nitrogens with two attached hydrogens (primary N) is 1. The van der Waals surface area contributed by atoms with Crippen LogP contribution < -0.4 is 11.1 Å². The third kappa shape index (κ3) is 2.63. The molecule has 94 valence electrons. The summed E-state index contributed by atoms with van der Waals surface area (Å²) in [7, 11) is 0. The molecule has 4 heteroatoms. The van der Waals surface area contributed by atoms with Crippen molar-refractivity contribution in [3.63, 3.8) is 0 Å². The van der Waals surface area contributed by atoms with Crippen LogP contribution in [0.4, 0.5) is 17.2 Å². The fourth-order valence-electron chi connectivity index (χ4n) is 1.91. The van der Waals surface area contributed by atoms with Crippen molar-refractivity contribution in [2.24, 2.45) is 0 Å². The highest BCUT2D eigenvalue weighted by Gasteiger charge is 2.02. The molecular weight excluding hydrogens is 349 g/mol. The standard InChI is InChI=1S/C15H12IN3/c16-12-3-1-2-4-14(12)19-15-8-5-10-9-11(17)6-7-13(10)18-15/h1-9H,17H2,(H,18,19). The molecule has 3 rings (SSSR count). The summed E-state index contributed by atoms with van der Waals surface area (Å²) < 4.78 is 1.17. The molecule has 1 heterocycles. The number of anilines is 3. The third-order valence-electron chi connectivity index (χ3n) is 2.85. The number of nitrogens with one attached hydrogen (secondary N) is 1. The van der Waals surface area contributed by atoms with E-state index in [-0.39, 0.29) is 0 Å². The Bertz CT molecular complexity index is 740. The maximum atomic E-state index is 5.76. The van der Waals surface area contributed by atoms with Crippen LogP contribution in [0.5, 0.6) is 0 Å². The molecule has 0 aliphatic heterocycles. The summed E-state index contributed by atoms with van der Waals surface area (Å²) in [5.74, 6) is 0.835. The van der Waals surface area contributed by atoms with E-state index in [2.05, 4.69) is 39.0 Å². The van der Waals surface area contributed by atoms with Gasteiger partial charge in [0, 0.05) is 14.6 Å². The highest BCUT2D eigenvalue weighted by molar-refractivity contribution is 14.1. The van der Waals surface area contributed by atoms with Crippen molar-refractivity contribution in [3.8, 4) is 0 Å². The fourth-order valence-corrected chi connectivity index (χ4v) is 2.44. The summed E-state index contributed by atoms with van der Waals surface area (Å²) in [6.45, 7) is 0. The largest absolute Gasteiger partial charge is 0.399 e. The molecule has 0 saturated heterocycles. The molecule has 3 N–H and O–H groups in total. The molecule has 0 bridgehead atoms. The van der Waals surface area contributed by atoms with Gasteiger partial charge in [-0.05, 0) is 65.1 Å². The Hall–Kier alpha value is -1.82. The van der Waals surface area contributed by atoms with Gasteiger partial charge in [-0.25, -0.2) is 4.98 Å². The van der Waals surface area contributed by atoms with E-state index in [4.69, 9.17) is 5.73 Å². The van der Waals surface area contributed by atoms with Gasteiger partial charge in [0.2, 0.25) is 0 Å². The molecule has 0 saturated carbocycles. The topological polar surface area (TPSA) is 50.9 Å². The third-order valence-corrected chi connectivity index (χ3v) is 3.79. The van der Waals surface area contributed by atoms with Crippen molar-refractivity contribution in [3.05, 3.63) is 58.2 Å². The summed E-state index contributed by atoms with van der Waals surface area (Å²) in [5, 5.41) is 4.38. The second-order valence-electron chi connectivity index (χ2n) is 4.25. The Kier molecular flexibility index (Phi) is 3.25. The number of benzene rings is 2. The number of hydrogen-bond donors (Lipinski definition) is 2. The molecule has 0 amide bonds. The molecule has 0 atom stereocenters. The first-order valence-electron chi connectivity index (χ1n) is 5.90. The smallest absolute Gasteiger partial charge is 0.131 e. The minimum Gasteiger partial charge on any atom is -0.399 e. The van der Waals surface area contributed by atoms with Crippen molar-refractivity contribution in [1.29, 1.82) is 0 Å². The number of fused-ring (bicyclic) bond motifs is 1. The Morgan fingerprint density at radius 3 is 2.68 bits per heavy atom. The molecule has 0 aliphatic carbocycles. The molecule has 2 aromatic carbocycles. The SMILES string of the molecule is Nc1ccc2nc(Nc3ccccc3I)ccc2c1. The van der Waals surface area contributed by atoms with Crippen LogP contribution in [0.2, 0.25) is 0 Å². The first kappa shape index (κ1) is 12.2. The van der Waals surface area contributed by atoms with Gasteiger partial charge in [0.25, 0.3) is 0 Å². The van der Waals surface area contributed by atoms with Crippen LogP contribution >= 0.6 is 22.6 Å². The van der Waals surface area contributed by atoms with Crippen LogP contribution in [0.25, 0.3) is 10.9 Å². The first-order valence-corrected chi connectivity index (χ1v) is 6.98. The Labute approximate surface area is 125 Å². The average molecular weight is 361 g/mol. The van der Waals surface area contributed by atoms with Crippen molar-refractivity contribution in [2.75, 3.05) is 11.1 Å². The maximum Gasteiger partial charge on any atom is 0.131 e. The van der Waals surface area contributed by atoms with Gasteiger partial charge in [0.05, 0.1) is 11.2 Å². The van der Waals surface area contributed by atoms with Crippen LogP contribution in [-0.2, 0) is 0 Å². The molecule has 0 spiro atoms. The predicted molar refractivity (Wildman–Crippen MR) is 88.6 cm³/mol. The molecule has 3 aromatic rings. The monoisotopic (exact) mass is 361 g/mol. The lowest BCUT2D eigenvalue weighted by molar-refractivity contribution is 1.37. The Balaban J connectivity index is 1.98. The number of aromatic nitrogens is 1. The number of halogens is 1. The number of rotatable bonds is 2. The summed E-state index contributed by atoms with van der Waals surface area (Å²) >= 11 is 2.30. The quantitative estimate of drug-likeness (QED) is 0.532. The molecule has 0 aliphatic rings. The average Bonchev–Trinajstić information content (AvgIpc) is 2.41. The molecule has 3 nitrogen and oxygen atoms in total. The normalized spacial score (nSPS) is 10.6. The van der Waals surface area contributed by atoms with Gasteiger partial charge in [-0.1, -0.05) is 12.1 Å². The predicted octanol–water partition coefficient (Wildman–Crippen LogP) is 4.17. The summed E-state index contributed by atoms with van der Waals surface area (Å²) in [5.41, 5.74) is 8.51. The van der Waals surface area contributed by atoms with Crippen LogP contribution in [-0.4, -0.2) is 4.98 Å². The van der Waals surface area contributed by atoms with Gasteiger partial charge in [0.15, 0.2) is 0 Å². The van der Waals surface area contributed by atoms with Gasteiger partial charge in [0.1, 0.15) is 5.82 Å². The number of para-hydroxylation sites is 1. The minimum absolute atomic E-state index is 0.757. The number of nitrogen functional groups attached to an aromatic ring is 1. The van der Waals surface area contributed by atoms with Crippen molar-refractivity contribution in [1.82, 2.24) is 4.98 Å². The maximum absolute atomic E-state index is 5.76. The van der Waals surface area contributed by atoms with Gasteiger partial charge < -0.3 is 11.1 Å². The lowest BCUT2D eigenvalue weighted by Gasteiger charge is -2.08. The van der Waals surface area contributed by atoms with Gasteiger partial charge in [-0.3, -0.25) is 0 Å². The van der Waals surface area contributed by atoms with E-state index < -0.39 is 0 Å². The second kappa shape index (κ2) is 5.05. The lowest BCUT2D eigenvalue weighted by atomic mass is 10.2. The number of pyridine rings is 1. The van der Waals surface area contributed by atoms with E-state index in [9.17, 15) is 0 Å². The van der Waals surface area contributed by atoms with E-state index in [1.807, 2.05) is 48.5 Å². The number of hydrogen-bond acceptors (Lipinski definition) is 3. The van der Waals surface area contributed by atoms with Crippen molar-refractivity contribution in [2.45, 2.75) is 0 Å². The van der Waals surface area contributed by atoms with E-state index in [0.717, 1.165) is 28.1 Å². The summed E-state index contributed by atoms with van der Waals surface area (Å²) in [4.78, 5) is 4.58. The fraction of sp³-hybridized carbons (Fsp3) is 0. The van der Waals surface area contributed by atoms with Gasteiger partial charge in [-0.2, -0.15) is 0 Å². The zero-order valence-electron chi connectivity index (χ0n) is 10.1. The first-order chi connectivity index (χ1) is 9.22.